The Hall–Kier alpha value is -3.41. The normalized spacial score (nSPS) is 12.7. The zero-order valence-corrected chi connectivity index (χ0v) is 44.6. The highest BCUT2D eigenvalue weighted by molar-refractivity contribution is 5.71. The molecular weight excluding hydrogens is 841 g/mol. The van der Waals surface area contributed by atoms with E-state index in [1.165, 1.54) is 109 Å². The molecule has 0 amide bonds. The van der Waals surface area contributed by atoms with Gasteiger partial charge in [-0.2, -0.15) is 0 Å². The van der Waals surface area contributed by atoms with Gasteiger partial charge in [-0.3, -0.25) is 14.4 Å². The molecule has 0 aromatic rings. The standard InChI is InChI=1S/C62H106O6/c1-4-7-10-13-16-19-22-25-27-29-30-31-32-33-35-37-40-43-46-49-52-55-61(64)67-58-59(57-66-60(63)54-51-48-45-42-39-36-24-21-18-15-12-9-6-3)68-62(65)56-53-50-47-44-41-38-34-28-26-23-20-17-14-11-8-5-2/h7,10,16,19-21,23-25,27-28,30-31,34,59H,4-6,8-9,11-15,17-18,22,26,29,32-33,35-58H2,1-3H3/b10-7-,19-16-,23-20-,24-21-,27-25-,31-30-,34-28-. The summed E-state index contributed by atoms with van der Waals surface area (Å²) in [6.45, 7) is 6.48. The summed E-state index contributed by atoms with van der Waals surface area (Å²) in [5.74, 6) is -0.914. The van der Waals surface area contributed by atoms with Crippen LogP contribution in [0, 0.1) is 0 Å². The van der Waals surface area contributed by atoms with Crippen LogP contribution >= 0.6 is 0 Å². The van der Waals surface area contributed by atoms with E-state index in [-0.39, 0.29) is 31.1 Å². The molecule has 6 nitrogen and oxygen atoms in total. The second kappa shape index (κ2) is 56.2. The summed E-state index contributed by atoms with van der Waals surface area (Å²) >= 11 is 0. The molecule has 0 aliphatic heterocycles. The lowest BCUT2D eigenvalue weighted by Gasteiger charge is -2.18. The van der Waals surface area contributed by atoms with Crippen molar-refractivity contribution >= 4 is 17.9 Å². The van der Waals surface area contributed by atoms with Crippen LogP contribution in [0.15, 0.2) is 85.1 Å². The van der Waals surface area contributed by atoms with Crippen molar-refractivity contribution in [3.8, 4) is 0 Å². The van der Waals surface area contributed by atoms with Crippen LogP contribution in [0.25, 0.3) is 0 Å². The molecule has 0 aromatic carbocycles. The van der Waals surface area contributed by atoms with E-state index >= 15 is 0 Å². The van der Waals surface area contributed by atoms with E-state index in [2.05, 4.69) is 106 Å². The molecule has 0 saturated carbocycles. The summed E-state index contributed by atoms with van der Waals surface area (Å²) in [4.78, 5) is 38.1. The number of ether oxygens (including phenoxy) is 3. The topological polar surface area (TPSA) is 78.9 Å². The Morgan fingerprint density at radius 2 is 0.574 bits per heavy atom. The number of rotatable bonds is 51. The van der Waals surface area contributed by atoms with Gasteiger partial charge in [0, 0.05) is 19.3 Å². The van der Waals surface area contributed by atoms with Gasteiger partial charge < -0.3 is 14.2 Å². The number of carbonyl (C=O) groups excluding carboxylic acids is 3. The SMILES string of the molecule is CC/C=C\C/C=C\C/C=C\C/C=C\CCCCCCCCCCC(=O)OCC(COC(=O)CCCCCCC/C=C\CCCCCC)OC(=O)CCCCCCC/C=C\C/C=C\CCCCCC. The van der Waals surface area contributed by atoms with Gasteiger partial charge in [0.05, 0.1) is 0 Å². The van der Waals surface area contributed by atoms with Crippen molar-refractivity contribution in [2.45, 2.75) is 277 Å². The fourth-order valence-corrected chi connectivity index (χ4v) is 7.81. The monoisotopic (exact) mass is 947 g/mol. The van der Waals surface area contributed by atoms with Crippen LogP contribution in [0.1, 0.15) is 271 Å². The molecule has 0 N–H and O–H groups in total. The number of unbranched alkanes of at least 4 members (excludes halogenated alkanes) is 26. The van der Waals surface area contributed by atoms with E-state index in [9.17, 15) is 14.4 Å². The summed E-state index contributed by atoms with van der Waals surface area (Å²) < 4.78 is 16.8. The summed E-state index contributed by atoms with van der Waals surface area (Å²) in [6.07, 6.45) is 72.8. The van der Waals surface area contributed by atoms with Crippen LogP contribution in [-0.4, -0.2) is 37.2 Å². The first-order chi connectivity index (χ1) is 33.5. The molecule has 0 fully saturated rings. The van der Waals surface area contributed by atoms with Crippen LogP contribution < -0.4 is 0 Å². The molecule has 0 saturated heterocycles. The summed E-state index contributed by atoms with van der Waals surface area (Å²) in [7, 11) is 0. The average molecular weight is 948 g/mol. The van der Waals surface area contributed by atoms with Gasteiger partial charge in [-0.1, -0.05) is 221 Å². The molecule has 1 atom stereocenters. The molecule has 1 unspecified atom stereocenters. The molecule has 390 valence electrons. The lowest BCUT2D eigenvalue weighted by Crippen LogP contribution is -2.30. The maximum atomic E-state index is 12.8. The van der Waals surface area contributed by atoms with Gasteiger partial charge in [0.15, 0.2) is 6.10 Å². The van der Waals surface area contributed by atoms with Crippen molar-refractivity contribution in [2.75, 3.05) is 13.2 Å². The second-order valence-corrected chi connectivity index (χ2v) is 18.8. The first-order valence-corrected chi connectivity index (χ1v) is 28.6. The highest BCUT2D eigenvalue weighted by Crippen LogP contribution is 2.14. The molecular formula is C62H106O6. The van der Waals surface area contributed by atoms with Crippen molar-refractivity contribution in [2.24, 2.45) is 0 Å². The summed E-state index contributed by atoms with van der Waals surface area (Å²) in [5.41, 5.74) is 0. The molecule has 0 rings (SSSR count). The minimum Gasteiger partial charge on any atom is -0.462 e. The third-order valence-electron chi connectivity index (χ3n) is 12.1. The molecule has 0 radical (unpaired) electrons. The van der Waals surface area contributed by atoms with Crippen molar-refractivity contribution < 1.29 is 28.6 Å². The zero-order chi connectivity index (χ0) is 49.3. The van der Waals surface area contributed by atoms with Crippen molar-refractivity contribution in [1.29, 1.82) is 0 Å². The summed E-state index contributed by atoms with van der Waals surface area (Å²) in [5, 5.41) is 0. The number of carbonyl (C=O) groups is 3. The first-order valence-electron chi connectivity index (χ1n) is 28.6. The van der Waals surface area contributed by atoms with E-state index < -0.39 is 6.10 Å². The second-order valence-electron chi connectivity index (χ2n) is 18.8. The molecule has 68 heavy (non-hydrogen) atoms. The molecule has 6 heteroatoms. The van der Waals surface area contributed by atoms with Gasteiger partial charge in [0.1, 0.15) is 13.2 Å². The number of hydrogen-bond donors (Lipinski definition) is 0. The van der Waals surface area contributed by atoms with E-state index in [1.807, 2.05) is 0 Å². The Morgan fingerprint density at radius 3 is 0.912 bits per heavy atom. The van der Waals surface area contributed by atoms with Crippen molar-refractivity contribution in [3.05, 3.63) is 85.1 Å². The fourth-order valence-electron chi connectivity index (χ4n) is 7.81. The van der Waals surface area contributed by atoms with Gasteiger partial charge in [0.2, 0.25) is 0 Å². The number of esters is 3. The Bertz CT molecular complexity index is 1320. The van der Waals surface area contributed by atoms with E-state index in [0.29, 0.717) is 19.3 Å². The molecule has 0 aliphatic rings. The Balaban J connectivity index is 4.40. The molecule has 0 spiro atoms. The molecule has 0 bridgehead atoms. The van der Waals surface area contributed by atoms with Crippen LogP contribution in [0.2, 0.25) is 0 Å². The third kappa shape index (κ3) is 53.5. The third-order valence-corrected chi connectivity index (χ3v) is 12.1. The highest BCUT2D eigenvalue weighted by Gasteiger charge is 2.19. The predicted octanol–water partition coefficient (Wildman–Crippen LogP) is 19.2. The van der Waals surface area contributed by atoms with Crippen LogP contribution in [0.5, 0.6) is 0 Å². The largest absolute Gasteiger partial charge is 0.462 e. The predicted molar refractivity (Wildman–Crippen MR) is 293 cm³/mol. The van der Waals surface area contributed by atoms with Gasteiger partial charge in [-0.15, -0.1) is 0 Å². The van der Waals surface area contributed by atoms with Gasteiger partial charge >= 0.3 is 17.9 Å². The maximum absolute atomic E-state index is 12.8. The van der Waals surface area contributed by atoms with Gasteiger partial charge in [-0.25, -0.2) is 0 Å². The van der Waals surface area contributed by atoms with E-state index in [4.69, 9.17) is 14.2 Å². The fraction of sp³-hybridized carbons (Fsp3) is 0.726. The lowest BCUT2D eigenvalue weighted by atomic mass is 10.1. The van der Waals surface area contributed by atoms with Crippen LogP contribution in [0.3, 0.4) is 0 Å². The summed E-state index contributed by atoms with van der Waals surface area (Å²) in [6, 6.07) is 0. The van der Waals surface area contributed by atoms with Crippen LogP contribution in [-0.2, 0) is 28.6 Å². The Morgan fingerprint density at radius 1 is 0.309 bits per heavy atom. The Kier molecular flexibility index (Phi) is 53.4. The average Bonchev–Trinajstić information content (AvgIpc) is 3.34. The van der Waals surface area contributed by atoms with E-state index in [0.717, 1.165) is 122 Å². The van der Waals surface area contributed by atoms with Crippen molar-refractivity contribution in [1.82, 2.24) is 0 Å². The quantitative estimate of drug-likeness (QED) is 0.0262. The van der Waals surface area contributed by atoms with Gasteiger partial charge in [0.25, 0.3) is 0 Å². The molecule has 0 aliphatic carbocycles. The molecule has 0 heterocycles. The number of hydrogen-bond acceptors (Lipinski definition) is 6. The van der Waals surface area contributed by atoms with Crippen molar-refractivity contribution in [3.63, 3.8) is 0 Å². The van der Waals surface area contributed by atoms with Crippen LogP contribution in [0.4, 0.5) is 0 Å². The first kappa shape index (κ1) is 64.6. The highest BCUT2D eigenvalue weighted by atomic mass is 16.6. The maximum Gasteiger partial charge on any atom is 0.306 e. The van der Waals surface area contributed by atoms with E-state index in [1.54, 1.807) is 0 Å². The zero-order valence-electron chi connectivity index (χ0n) is 44.6. The molecule has 0 aromatic heterocycles. The van der Waals surface area contributed by atoms with Gasteiger partial charge in [-0.05, 0) is 116 Å². The minimum absolute atomic E-state index is 0.0889. The smallest absolute Gasteiger partial charge is 0.306 e. The lowest BCUT2D eigenvalue weighted by molar-refractivity contribution is -0.167. The minimum atomic E-state index is -0.791. The number of allylic oxidation sites excluding steroid dienone is 14. The Labute approximate surface area is 420 Å².